The molecule has 0 aliphatic rings. The Morgan fingerprint density at radius 2 is 1.88 bits per heavy atom. The third-order valence-electron chi connectivity index (χ3n) is 4.42. The molecule has 1 heterocycles. The van der Waals surface area contributed by atoms with Gasteiger partial charge in [-0.1, -0.05) is 48.0 Å². The van der Waals surface area contributed by atoms with Crippen molar-refractivity contribution in [2.45, 2.75) is 25.9 Å². The predicted octanol–water partition coefficient (Wildman–Crippen LogP) is 3.21. The molecule has 3 aromatic rings. The van der Waals surface area contributed by atoms with Gasteiger partial charge < -0.3 is 15.0 Å². The van der Waals surface area contributed by atoms with Crippen molar-refractivity contribution in [2.24, 2.45) is 0 Å². The van der Waals surface area contributed by atoms with Crippen LogP contribution < -0.4 is 5.32 Å². The van der Waals surface area contributed by atoms with Crippen molar-refractivity contribution in [1.29, 1.82) is 0 Å². The average Bonchev–Trinajstić information content (AvgIpc) is 2.92. The lowest BCUT2D eigenvalue weighted by atomic mass is 10.1. The summed E-state index contributed by atoms with van der Waals surface area (Å²) >= 11 is 0. The summed E-state index contributed by atoms with van der Waals surface area (Å²) in [5.41, 5.74) is 4.67. The van der Waals surface area contributed by atoms with E-state index in [2.05, 4.69) is 59.4 Å². The molecule has 0 amide bonds. The van der Waals surface area contributed by atoms with Gasteiger partial charge in [-0.25, -0.2) is 0 Å². The number of rotatable bonds is 6. The van der Waals surface area contributed by atoms with Crippen LogP contribution in [0, 0.1) is 6.92 Å². The second kappa shape index (κ2) is 6.89. The predicted molar refractivity (Wildman–Crippen MR) is 96.4 cm³/mol. The number of aryl methyl sites for hydroxylation is 1. The molecule has 0 aliphatic heterocycles. The molecule has 0 saturated carbocycles. The fourth-order valence-corrected chi connectivity index (χ4v) is 3.04. The second-order valence-electron chi connectivity index (χ2n) is 6.17. The molecule has 0 fully saturated rings. The van der Waals surface area contributed by atoms with Crippen molar-refractivity contribution in [1.82, 2.24) is 9.88 Å². The van der Waals surface area contributed by atoms with Crippen molar-refractivity contribution >= 4 is 16.9 Å². The van der Waals surface area contributed by atoms with E-state index in [9.17, 15) is 9.90 Å². The number of likely N-dealkylation sites (N-methyl/N-ethyl adjacent to an activating group) is 1. The lowest BCUT2D eigenvalue weighted by molar-refractivity contribution is -0.139. The number of benzene rings is 2. The highest BCUT2D eigenvalue weighted by Crippen LogP contribution is 2.23. The van der Waals surface area contributed by atoms with Crippen LogP contribution in [0.5, 0.6) is 0 Å². The number of carboxylic acid groups (broad SMARTS) is 1. The van der Waals surface area contributed by atoms with Crippen LogP contribution in [-0.2, 0) is 17.8 Å². The highest BCUT2D eigenvalue weighted by atomic mass is 16.4. The maximum Gasteiger partial charge on any atom is 0.321 e. The van der Waals surface area contributed by atoms with Crippen LogP contribution in [0.4, 0.5) is 0 Å². The molecule has 1 atom stereocenters. The molecule has 124 valence electrons. The number of para-hydroxylation sites is 1. The van der Waals surface area contributed by atoms with Crippen molar-refractivity contribution < 1.29 is 9.90 Å². The number of aliphatic carboxylic acids is 1. The fraction of sp³-hybridized carbons (Fsp3) is 0.250. The molecule has 0 bridgehead atoms. The highest BCUT2D eigenvalue weighted by Gasteiger charge is 2.18. The van der Waals surface area contributed by atoms with Gasteiger partial charge in [-0.15, -0.1) is 0 Å². The summed E-state index contributed by atoms with van der Waals surface area (Å²) in [4.78, 5) is 11.3. The molecule has 0 aliphatic carbocycles. The number of hydrogen-bond donors (Lipinski definition) is 2. The second-order valence-corrected chi connectivity index (χ2v) is 6.17. The lowest BCUT2D eigenvalue weighted by Gasteiger charge is -2.10. The van der Waals surface area contributed by atoms with Crippen molar-refractivity contribution in [2.75, 3.05) is 7.05 Å². The summed E-state index contributed by atoms with van der Waals surface area (Å²) in [7, 11) is 1.68. The Morgan fingerprint density at radius 3 is 2.54 bits per heavy atom. The SMILES string of the molecule is CNC(Cc1cn(Cc2ccc(C)cc2)c2ccccc12)C(=O)O. The minimum atomic E-state index is -0.826. The fourth-order valence-electron chi connectivity index (χ4n) is 3.04. The largest absolute Gasteiger partial charge is 0.480 e. The van der Waals surface area contributed by atoms with E-state index in [1.165, 1.54) is 11.1 Å². The third-order valence-corrected chi connectivity index (χ3v) is 4.42. The minimum absolute atomic E-state index is 0.466. The Balaban J connectivity index is 1.96. The highest BCUT2D eigenvalue weighted by molar-refractivity contribution is 5.85. The summed E-state index contributed by atoms with van der Waals surface area (Å²) in [6.07, 6.45) is 2.55. The van der Waals surface area contributed by atoms with E-state index in [1.807, 2.05) is 12.1 Å². The van der Waals surface area contributed by atoms with E-state index in [1.54, 1.807) is 7.05 Å². The first-order chi connectivity index (χ1) is 11.6. The molecule has 0 saturated heterocycles. The molecule has 1 unspecified atom stereocenters. The van der Waals surface area contributed by atoms with Crippen molar-refractivity contribution in [3.63, 3.8) is 0 Å². The first-order valence-electron chi connectivity index (χ1n) is 8.11. The quantitative estimate of drug-likeness (QED) is 0.733. The van der Waals surface area contributed by atoms with Crippen LogP contribution >= 0.6 is 0 Å². The topological polar surface area (TPSA) is 54.3 Å². The van der Waals surface area contributed by atoms with E-state index >= 15 is 0 Å². The molecular weight excluding hydrogens is 300 g/mol. The number of hydrogen-bond acceptors (Lipinski definition) is 2. The van der Waals surface area contributed by atoms with Gasteiger partial charge in [0.1, 0.15) is 6.04 Å². The number of fused-ring (bicyclic) bond motifs is 1. The maximum absolute atomic E-state index is 11.3. The zero-order chi connectivity index (χ0) is 17.1. The third kappa shape index (κ3) is 3.34. The molecule has 24 heavy (non-hydrogen) atoms. The molecule has 4 heteroatoms. The lowest BCUT2D eigenvalue weighted by Crippen LogP contribution is -2.35. The molecule has 2 aromatic carbocycles. The van der Waals surface area contributed by atoms with Gasteiger partial charge in [0.15, 0.2) is 0 Å². The summed E-state index contributed by atoms with van der Waals surface area (Å²) < 4.78 is 2.20. The van der Waals surface area contributed by atoms with Crippen LogP contribution in [-0.4, -0.2) is 28.7 Å². The molecule has 2 N–H and O–H groups in total. The number of nitrogens with zero attached hydrogens (tertiary/aromatic N) is 1. The van der Waals surface area contributed by atoms with E-state index in [0.29, 0.717) is 6.42 Å². The van der Waals surface area contributed by atoms with Gasteiger partial charge in [0.25, 0.3) is 0 Å². The molecule has 4 nitrogen and oxygen atoms in total. The van der Waals surface area contributed by atoms with Crippen LogP contribution in [0.1, 0.15) is 16.7 Å². The number of carboxylic acids is 1. The van der Waals surface area contributed by atoms with Crippen molar-refractivity contribution in [3.05, 3.63) is 71.4 Å². The van der Waals surface area contributed by atoms with Crippen LogP contribution in [0.3, 0.4) is 0 Å². The van der Waals surface area contributed by atoms with E-state index in [0.717, 1.165) is 23.0 Å². The van der Waals surface area contributed by atoms with E-state index < -0.39 is 12.0 Å². The first-order valence-corrected chi connectivity index (χ1v) is 8.11. The summed E-state index contributed by atoms with van der Waals surface area (Å²) in [5.74, 6) is -0.826. The van der Waals surface area contributed by atoms with Gasteiger partial charge in [0.05, 0.1) is 0 Å². The van der Waals surface area contributed by atoms with E-state index in [4.69, 9.17) is 0 Å². The smallest absolute Gasteiger partial charge is 0.321 e. The summed E-state index contributed by atoms with van der Waals surface area (Å²) in [5, 5.41) is 13.3. The van der Waals surface area contributed by atoms with Crippen LogP contribution in [0.25, 0.3) is 10.9 Å². The Kier molecular flexibility index (Phi) is 4.67. The molecule has 0 spiro atoms. The molecule has 3 rings (SSSR count). The average molecular weight is 322 g/mol. The maximum atomic E-state index is 11.3. The zero-order valence-electron chi connectivity index (χ0n) is 14.0. The van der Waals surface area contributed by atoms with Gasteiger partial charge in [-0.3, -0.25) is 4.79 Å². The van der Waals surface area contributed by atoms with Gasteiger partial charge in [-0.05, 0) is 31.2 Å². The molecule has 1 aromatic heterocycles. The van der Waals surface area contributed by atoms with Crippen LogP contribution in [0.2, 0.25) is 0 Å². The summed E-state index contributed by atoms with van der Waals surface area (Å²) in [6.45, 7) is 2.86. The van der Waals surface area contributed by atoms with Gasteiger partial charge in [-0.2, -0.15) is 0 Å². The number of aromatic nitrogens is 1. The number of nitrogens with one attached hydrogen (secondary N) is 1. The van der Waals surface area contributed by atoms with Crippen LogP contribution in [0.15, 0.2) is 54.7 Å². The van der Waals surface area contributed by atoms with Gasteiger partial charge in [0.2, 0.25) is 0 Å². The molecule has 0 radical (unpaired) electrons. The van der Waals surface area contributed by atoms with Crippen molar-refractivity contribution in [3.8, 4) is 0 Å². The Hall–Kier alpha value is -2.59. The summed E-state index contributed by atoms with van der Waals surface area (Å²) in [6, 6.07) is 16.1. The minimum Gasteiger partial charge on any atom is -0.480 e. The Morgan fingerprint density at radius 1 is 1.17 bits per heavy atom. The standard InChI is InChI=1S/C20H22N2O2/c1-14-7-9-15(10-8-14)12-22-13-16(11-18(21-2)20(23)24)17-5-3-4-6-19(17)22/h3-10,13,18,21H,11-12H2,1-2H3,(H,23,24). The van der Waals surface area contributed by atoms with Gasteiger partial charge in [0, 0.05) is 30.1 Å². The normalized spacial score (nSPS) is 12.4. The Labute approximate surface area is 141 Å². The Bertz CT molecular complexity index is 850. The monoisotopic (exact) mass is 322 g/mol. The first kappa shape index (κ1) is 16.3. The number of carbonyl (C=O) groups is 1. The zero-order valence-corrected chi connectivity index (χ0v) is 14.0. The molecular formula is C20H22N2O2. The van der Waals surface area contributed by atoms with E-state index in [-0.39, 0.29) is 0 Å². The van der Waals surface area contributed by atoms with Gasteiger partial charge >= 0.3 is 5.97 Å².